The van der Waals surface area contributed by atoms with Crippen LogP contribution in [0.15, 0.2) is 66.7 Å². The molecule has 4 heterocycles. The Labute approximate surface area is 223 Å². The number of carbonyl (C=O) groups excluding carboxylic acids is 2. The van der Waals surface area contributed by atoms with Gasteiger partial charge in [0, 0.05) is 43.7 Å². The van der Waals surface area contributed by atoms with Crippen LogP contribution in [0.2, 0.25) is 0 Å². The Morgan fingerprint density at radius 3 is 2.42 bits per heavy atom. The van der Waals surface area contributed by atoms with Crippen molar-refractivity contribution in [1.29, 1.82) is 0 Å². The van der Waals surface area contributed by atoms with Crippen molar-refractivity contribution in [3.05, 3.63) is 77.9 Å². The summed E-state index contributed by atoms with van der Waals surface area (Å²) in [6.07, 6.45) is 0.765. The largest absolute Gasteiger partial charge is 0.340 e. The first-order valence-electron chi connectivity index (χ1n) is 12.7. The van der Waals surface area contributed by atoms with Gasteiger partial charge in [-0.1, -0.05) is 30.3 Å². The molecule has 0 saturated carbocycles. The van der Waals surface area contributed by atoms with Gasteiger partial charge < -0.3 is 20.0 Å². The highest BCUT2D eigenvalue weighted by atomic mass is 32.3. The Balaban J connectivity index is 1.18. The van der Waals surface area contributed by atoms with Crippen molar-refractivity contribution >= 4 is 45.4 Å². The average Bonchev–Trinajstić information content (AvgIpc) is 2.89. The third-order valence-electron chi connectivity index (χ3n) is 8.02. The van der Waals surface area contributed by atoms with Crippen LogP contribution in [0.25, 0.3) is 0 Å². The number of rotatable bonds is 5. The third kappa shape index (κ3) is 4.00. The maximum Gasteiger partial charge on any atom is 0.254 e. The topological polar surface area (TPSA) is 109 Å². The number of nitrogens with one attached hydrogen (secondary N) is 1. The maximum absolute atomic E-state index is 12.9. The molecule has 38 heavy (non-hydrogen) atoms. The van der Waals surface area contributed by atoms with Gasteiger partial charge >= 0.3 is 0 Å². The summed E-state index contributed by atoms with van der Waals surface area (Å²) in [4.78, 5) is 36.0. The molecule has 1 aromatic heterocycles. The lowest BCUT2D eigenvalue weighted by Gasteiger charge is -2.67. The molecule has 1 atom stereocenters. The number of likely N-dealkylation sites (tertiary alicyclic amines) is 1. The molecule has 9 nitrogen and oxygen atoms in total. The van der Waals surface area contributed by atoms with Crippen LogP contribution in [0.5, 0.6) is 0 Å². The predicted molar refractivity (Wildman–Crippen MR) is 150 cm³/mol. The molecule has 0 aliphatic carbocycles. The van der Waals surface area contributed by atoms with E-state index in [0.29, 0.717) is 36.8 Å². The minimum atomic E-state index is -2.55. The molecule has 2 aromatic carbocycles. The number of hydrogen-bond acceptors (Lipinski definition) is 7. The van der Waals surface area contributed by atoms with Crippen LogP contribution < -0.4 is 15.1 Å². The van der Waals surface area contributed by atoms with Gasteiger partial charge in [-0.25, -0.2) is 4.98 Å². The van der Waals surface area contributed by atoms with Crippen molar-refractivity contribution < 1.29 is 18.7 Å². The van der Waals surface area contributed by atoms with Crippen molar-refractivity contribution in [3.8, 4) is 0 Å². The molecule has 198 valence electrons. The van der Waals surface area contributed by atoms with Gasteiger partial charge in [0.05, 0.1) is 10.4 Å². The zero-order chi connectivity index (χ0) is 26.7. The molecule has 0 bridgehead atoms. The second kappa shape index (κ2) is 9.00. The number of fused-ring (bicyclic) bond motifs is 1. The summed E-state index contributed by atoms with van der Waals surface area (Å²) in [6, 6.07) is 20.6. The Morgan fingerprint density at radius 2 is 1.79 bits per heavy atom. The highest BCUT2D eigenvalue weighted by molar-refractivity contribution is 8.26. The van der Waals surface area contributed by atoms with Crippen LogP contribution >= 0.6 is 10.6 Å². The molecule has 3 N–H and O–H groups in total. The van der Waals surface area contributed by atoms with E-state index in [4.69, 9.17) is 4.98 Å². The lowest BCUT2D eigenvalue weighted by atomic mass is 9.93. The Morgan fingerprint density at radius 1 is 1.08 bits per heavy atom. The van der Waals surface area contributed by atoms with E-state index >= 15 is 0 Å². The van der Waals surface area contributed by atoms with E-state index in [1.165, 1.54) is 0 Å². The van der Waals surface area contributed by atoms with Crippen molar-refractivity contribution in [2.75, 3.05) is 41.0 Å². The van der Waals surface area contributed by atoms with Crippen molar-refractivity contribution in [3.63, 3.8) is 0 Å². The fourth-order valence-electron chi connectivity index (χ4n) is 5.45. The maximum atomic E-state index is 12.9. The van der Waals surface area contributed by atoms with Gasteiger partial charge in [-0.2, -0.15) is 10.6 Å². The number of pyridine rings is 1. The molecule has 2 fully saturated rings. The molecule has 0 radical (unpaired) electrons. The van der Waals surface area contributed by atoms with Crippen LogP contribution in [0.3, 0.4) is 0 Å². The summed E-state index contributed by atoms with van der Waals surface area (Å²) in [5.74, 6) is 1.73. The van der Waals surface area contributed by atoms with Crippen LogP contribution in [0.4, 0.5) is 23.0 Å². The monoisotopic (exact) mass is 533 g/mol. The standard InChI is InChI=1S/C28H31N5O4S/c1-19-26(34)31(2)23-12-13-24(30-25(23)33(19)16-20-6-4-3-5-7-20)29-22-10-8-21(9-11-22)27(35)32-17-28(18-32)14-15-38(28,36)37/h3-13,19,36-37H,14-18H2,1-2H3,(H,29,30)/t19-/m1/s1. The van der Waals surface area contributed by atoms with Crippen LogP contribution in [0.1, 0.15) is 29.3 Å². The first-order chi connectivity index (χ1) is 18.2. The summed E-state index contributed by atoms with van der Waals surface area (Å²) in [6.45, 7) is 3.27. The summed E-state index contributed by atoms with van der Waals surface area (Å²) in [5, 5.41) is 3.32. The minimum Gasteiger partial charge on any atom is -0.340 e. The van der Waals surface area contributed by atoms with Gasteiger partial charge in [0.2, 0.25) is 5.91 Å². The minimum absolute atomic E-state index is 0.0201. The van der Waals surface area contributed by atoms with Gasteiger partial charge in [-0.15, -0.1) is 0 Å². The predicted octanol–water partition coefficient (Wildman–Crippen LogP) is 4.55. The number of benzene rings is 2. The van der Waals surface area contributed by atoms with E-state index in [1.807, 2.05) is 66.4 Å². The van der Waals surface area contributed by atoms with Crippen molar-refractivity contribution in [2.45, 2.75) is 30.7 Å². The first kappa shape index (κ1) is 24.7. The first-order valence-corrected chi connectivity index (χ1v) is 14.4. The molecular formula is C28H31N5O4S. The third-order valence-corrected chi connectivity index (χ3v) is 10.6. The molecule has 2 saturated heterocycles. The fourth-order valence-corrected chi connectivity index (χ4v) is 7.32. The number of carbonyl (C=O) groups is 2. The summed E-state index contributed by atoms with van der Waals surface area (Å²) >= 11 is 0. The molecule has 6 rings (SSSR count). The van der Waals surface area contributed by atoms with E-state index in [0.717, 1.165) is 29.2 Å². The van der Waals surface area contributed by atoms with E-state index < -0.39 is 15.3 Å². The second-order valence-electron chi connectivity index (χ2n) is 10.4. The van der Waals surface area contributed by atoms with Crippen LogP contribution in [0, 0.1) is 0 Å². The van der Waals surface area contributed by atoms with E-state index in [1.54, 1.807) is 29.0 Å². The van der Waals surface area contributed by atoms with Crippen molar-refractivity contribution in [1.82, 2.24) is 9.88 Å². The lowest BCUT2D eigenvalue weighted by molar-refractivity contribution is -0.119. The Kier molecular flexibility index (Phi) is 5.86. The Bertz CT molecular complexity index is 1390. The normalized spacial score (nSPS) is 21.8. The summed E-state index contributed by atoms with van der Waals surface area (Å²) in [5.41, 5.74) is 3.19. The molecule has 3 aliphatic heterocycles. The molecule has 3 aliphatic rings. The van der Waals surface area contributed by atoms with Gasteiger partial charge in [0.1, 0.15) is 11.9 Å². The fraction of sp³-hybridized carbons (Fsp3) is 0.321. The van der Waals surface area contributed by atoms with Gasteiger partial charge in [0.25, 0.3) is 5.91 Å². The second-order valence-corrected chi connectivity index (χ2v) is 13.0. The summed E-state index contributed by atoms with van der Waals surface area (Å²) < 4.78 is 19.7. The Hall–Kier alpha value is -3.60. The molecular weight excluding hydrogens is 502 g/mol. The van der Waals surface area contributed by atoms with E-state index in [9.17, 15) is 18.7 Å². The number of hydrogen-bond donors (Lipinski definition) is 3. The number of amides is 2. The molecule has 10 heteroatoms. The van der Waals surface area contributed by atoms with E-state index in [2.05, 4.69) is 5.32 Å². The average molecular weight is 534 g/mol. The van der Waals surface area contributed by atoms with Gasteiger partial charge in [-0.3, -0.25) is 18.7 Å². The zero-order valence-electron chi connectivity index (χ0n) is 21.4. The molecule has 1 spiro atoms. The quantitative estimate of drug-likeness (QED) is 0.442. The number of nitrogens with zero attached hydrogens (tertiary/aromatic N) is 4. The smallest absolute Gasteiger partial charge is 0.254 e. The van der Waals surface area contributed by atoms with E-state index in [-0.39, 0.29) is 17.9 Å². The van der Waals surface area contributed by atoms with Crippen LogP contribution in [-0.2, 0) is 11.3 Å². The van der Waals surface area contributed by atoms with Gasteiger partial charge in [-0.05, 0) is 55.3 Å². The number of aromatic nitrogens is 1. The highest BCUT2D eigenvalue weighted by Gasteiger charge is 2.60. The molecule has 0 unspecified atom stereocenters. The van der Waals surface area contributed by atoms with Crippen LogP contribution in [-0.4, -0.2) is 67.5 Å². The molecule has 2 amide bonds. The lowest BCUT2D eigenvalue weighted by Crippen LogP contribution is -2.70. The number of anilines is 4. The molecule has 3 aromatic rings. The van der Waals surface area contributed by atoms with Crippen molar-refractivity contribution in [2.24, 2.45) is 0 Å². The number of likely N-dealkylation sites (N-methyl/N-ethyl adjacent to an activating group) is 1. The zero-order valence-corrected chi connectivity index (χ0v) is 22.2. The highest BCUT2D eigenvalue weighted by Crippen LogP contribution is 2.67. The summed E-state index contributed by atoms with van der Waals surface area (Å²) in [7, 11) is -0.776. The SMILES string of the molecule is C[C@@H]1C(=O)N(C)c2ccc(Nc3ccc(C(=O)N4CC5(CCS5(O)O)C4)cc3)nc2N1Cc1ccccc1. The van der Waals surface area contributed by atoms with Gasteiger partial charge in [0.15, 0.2) is 5.82 Å².